The molecule has 3 nitrogen and oxygen atoms in total. The van der Waals surface area contributed by atoms with E-state index in [0.717, 1.165) is 22.8 Å². The van der Waals surface area contributed by atoms with Crippen molar-refractivity contribution in [3.05, 3.63) is 29.3 Å². The Kier molecular flexibility index (Phi) is 5.00. The molecule has 1 amide bonds. The second-order valence-corrected chi connectivity index (χ2v) is 8.19. The van der Waals surface area contributed by atoms with Crippen LogP contribution in [0.25, 0.3) is 0 Å². The maximum absolute atomic E-state index is 12.7. The van der Waals surface area contributed by atoms with Crippen LogP contribution in [0.2, 0.25) is 5.02 Å². The summed E-state index contributed by atoms with van der Waals surface area (Å²) < 4.78 is 0. The summed E-state index contributed by atoms with van der Waals surface area (Å²) in [6.07, 6.45) is 4.69. The lowest BCUT2D eigenvalue weighted by Gasteiger charge is -2.36. The number of thioether (sulfide) groups is 1. The van der Waals surface area contributed by atoms with E-state index in [9.17, 15) is 4.79 Å². The summed E-state index contributed by atoms with van der Waals surface area (Å²) in [4.78, 5) is 15.7. The first-order valence-corrected chi connectivity index (χ1v) is 9.24. The Bertz CT molecular complexity index is 541. The van der Waals surface area contributed by atoms with Crippen molar-refractivity contribution in [2.45, 2.75) is 60.9 Å². The maximum atomic E-state index is 12.7. The van der Waals surface area contributed by atoms with Crippen molar-refractivity contribution in [3.63, 3.8) is 0 Å². The molecule has 2 bridgehead atoms. The van der Waals surface area contributed by atoms with Crippen molar-refractivity contribution in [3.8, 4) is 0 Å². The highest BCUT2D eigenvalue weighted by Gasteiger charge is 2.37. The number of fused-ring (bicyclic) bond motifs is 2. The van der Waals surface area contributed by atoms with Gasteiger partial charge in [0.05, 0.1) is 10.3 Å². The van der Waals surface area contributed by atoms with Crippen molar-refractivity contribution >= 4 is 29.3 Å². The molecule has 1 aromatic carbocycles. The average Bonchev–Trinajstić information content (AvgIpc) is 2.86. The number of benzene rings is 1. The lowest BCUT2D eigenvalue weighted by molar-refractivity contribution is -0.131. The highest BCUT2D eigenvalue weighted by atomic mass is 35.5. The van der Waals surface area contributed by atoms with E-state index < -0.39 is 0 Å². The molecule has 0 spiro atoms. The number of piperidine rings is 1. The number of halogens is 1. The standard InChI is InChI=1S/C17H23ClN2OS/c1-11(22-16-6-4-3-5-15(16)18)17(21)20(2)14-9-12-7-8-13(10-14)19-12/h3-6,11-14,19H,7-10H2,1-2H3. The summed E-state index contributed by atoms with van der Waals surface area (Å²) in [7, 11) is 1.96. The van der Waals surface area contributed by atoms with Gasteiger partial charge in [-0.3, -0.25) is 4.79 Å². The van der Waals surface area contributed by atoms with Crippen molar-refractivity contribution in [2.75, 3.05) is 7.05 Å². The van der Waals surface area contributed by atoms with Gasteiger partial charge in [0.15, 0.2) is 0 Å². The molecule has 2 fully saturated rings. The first-order chi connectivity index (χ1) is 10.5. The van der Waals surface area contributed by atoms with Crippen LogP contribution in [0, 0.1) is 0 Å². The van der Waals surface area contributed by atoms with Crippen molar-refractivity contribution in [1.82, 2.24) is 10.2 Å². The van der Waals surface area contributed by atoms with Crippen LogP contribution < -0.4 is 5.32 Å². The van der Waals surface area contributed by atoms with Gasteiger partial charge >= 0.3 is 0 Å². The van der Waals surface area contributed by atoms with E-state index in [4.69, 9.17) is 11.6 Å². The topological polar surface area (TPSA) is 32.3 Å². The number of carbonyl (C=O) groups is 1. The molecule has 22 heavy (non-hydrogen) atoms. The Morgan fingerprint density at radius 2 is 1.95 bits per heavy atom. The van der Waals surface area contributed by atoms with Crippen LogP contribution in [-0.4, -0.2) is 41.2 Å². The van der Waals surface area contributed by atoms with Crippen LogP contribution in [-0.2, 0) is 4.79 Å². The van der Waals surface area contributed by atoms with E-state index in [2.05, 4.69) is 5.32 Å². The molecule has 3 atom stereocenters. The minimum atomic E-state index is -0.113. The number of carbonyl (C=O) groups excluding carboxylic acids is 1. The molecule has 120 valence electrons. The zero-order chi connectivity index (χ0) is 15.7. The van der Waals surface area contributed by atoms with Gasteiger partial charge in [0.2, 0.25) is 5.91 Å². The monoisotopic (exact) mass is 338 g/mol. The molecule has 2 aliphatic heterocycles. The molecular weight excluding hydrogens is 316 g/mol. The average molecular weight is 339 g/mol. The molecule has 0 saturated carbocycles. The summed E-state index contributed by atoms with van der Waals surface area (Å²) in [5.74, 6) is 0.205. The second-order valence-electron chi connectivity index (χ2n) is 6.40. The molecule has 2 heterocycles. The van der Waals surface area contributed by atoms with E-state index in [1.165, 1.54) is 12.8 Å². The SMILES string of the molecule is CC(Sc1ccccc1Cl)C(=O)N(C)C1CC2CCC(C1)N2. The molecule has 1 aromatic rings. The number of hydrogen-bond donors (Lipinski definition) is 1. The third-order valence-electron chi connectivity index (χ3n) is 4.83. The van der Waals surface area contributed by atoms with Crippen molar-refractivity contribution in [1.29, 1.82) is 0 Å². The molecule has 1 N–H and O–H groups in total. The van der Waals surface area contributed by atoms with Gasteiger partial charge < -0.3 is 10.2 Å². The van der Waals surface area contributed by atoms with Gasteiger partial charge in [-0.2, -0.15) is 0 Å². The van der Waals surface area contributed by atoms with Crippen LogP contribution in [0.15, 0.2) is 29.2 Å². The lowest BCUT2D eigenvalue weighted by Crippen LogP contribution is -2.50. The first kappa shape index (κ1) is 16.2. The van der Waals surface area contributed by atoms with Gasteiger partial charge in [-0.25, -0.2) is 0 Å². The molecule has 3 unspecified atom stereocenters. The summed E-state index contributed by atoms with van der Waals surface area (Å²) in [6, 6.07) is 9.29. The first-order valence-electron chi connectivity index (χ1n) is 7.98. The Balaban J connectivity index is 1.61. The van der Waals surface area contributed by atoms with Crippen LogP contribution in [0.1, 0.15) is 32.6 Å². The molecule has 0 aromatic heterocycles. The van der Waals surface area contributed by atoms with Crippen LogP contribution in [0.3, 0.4) is 0 Å². The van der Waals surface area contributed by atoms with E-state index in [1.807, 2.05) is 43.1 Å². The van der Waals surface area contributed by atoms with Gasteiger partial charge in [0, 0.05) is 30.1 Å². The fraction of sp³-hybridized carbons (Fsp3) is 0.588. The zero-order valence-electron chi connectivity index (χ0n) is 13.1. The third kappa shape index (κ3) is 3.44. The Morgan fingerprint density at radius 3 is 2.59 bits per heavy atom. The highest BCUT2D eigenvalue weighted by Crippen LogP contribution is 2.33. The number of nitrogens with one attached hydrogen (secondary N) is 1. The van der Waals surface area contributed by atoms with Gasteiger partial charge in [-0.15, -0.1) is 11.8 Å². The fourth-order valence-electron chi connectivity index (χ4n) is 3.59. The van der Waals surface area contributed by atoms with E-state index in [1.54, 1.807) is 11.8 Å². The number of amides is 1. The second kappa shape index (κ2) is 6.81. The Morgan fingerprint density at radius 1 is 1.32 bits per heavy atom. The minimum Gasteiger partial charge on any atom is -0.342 e. The molecule has 2 saturated heterocycles. The van der Waals surface area contributed by atoms with Crippen LogP contribution in [0.5, 0.6) is 0 Å². The third-order valence-corrected chi connectivity index (χ3v) is 6.44. The van der Waals surface area contributed by atoms with E-state index in [-0.39, 0.29) is 11.2 Å². The highest BCUT2D eigenvalue weighted by molar-refractivity contribution is 8.00. The van der Waals surface area contributed by atoms with Gasteiger partial charge in [-0.1, -0.05) is 23.7 Å². The summed E-state index contributed by atoms with van der Waals surface area (Å²) in [5, 5.41) is 4.23. The van der Waals surface area contributed by atoms with E-state index in [0.29, 0.717) is 18.1 Å². The van der Waals surface area contributed by atoms with Crippen molar-refractivity contribution < 1.29 is 4.79 Å². The normalized spacial score (nSPS) is 28.4. The molecule has 0 radical (unpaired) electrons. The van der Waals surface area contributed by atoms with Gasteiger partial charge in [-0.05, 0) is 44.7 Å². The lowest BCUT2D eigenvalue weighted by atomic mass is 9.98. The summed E-state index contributed by atoms with van der Waals surface area (Å²) >= 11 is 7.74. The summed E-state index contributed by atoms with van der Waals surface area (Å²) in [6.45, 7) is 1.97. The molecular formula is C17H23ClN2OS. The Labute approximate surface area is 141 Å². The molecule has 2 aliphatic rings. The number of hydrogen-bond acceptors (Lipinski definition) is 3. The maximum Gasteiger partial charge on any atom is 0.235 e. The van der Waals surface area contributed by atoms with Gasteiger partial charge in [0.1, 0.15) is 0 Å². The van der Waals surface area contributed by atoms with Crippen LogP contribution in [0.4, 0.5) is 0 Å². The minimum absolute atomic E-state index is 0.113. The zero-order valence-corrected chi connectivity index (χ0v) is 14.7. The molecule has 0 aliphatic carbocycles. The molecule has 3 rings (SSSR count). The van der Waals surface area contributed by atoms with E-state index >= 15 is 0 Å². The predicted molar refractivity (Wildman–Crippen MR) is 92.5 cm³/mol. The number of rotatable bonds is 4. The number of nitrogens with zero attached hydrogens (tertiary/aromatic N) is 1. The van der Waals surface area contributed by atoms with Crippen molar-refractivity contribution in [2.24, 2.45) is 0 Å². The smallest absolute Gasteiger partial charge is 0.235 e. The predicted octanol–water partition coefficient (Wildman–Crippen LogP) is 3.56. The van der Waals surface area contributed by atoms with Gasteiger partial charge in [0.25, 0.3) is 0 Å². The summed E-state index contributed by atoms with van der Waals surface area (Å²) in [5.41, 5.74) is 0. The Hall–Kier alpha value is -0.710. The molecule has 5 heteroatoms. The quantitative estimate of drug-likeness (QED) is 0.852. The largest absolute Gasteiger partial charge is 0.342 e. The fourth-order valence-corrected chi connectivity index (χ4v) is 4.85. The van der Waals surface area contributed by atoms with Crippen LogP contribution >= 0.6 is 23.4 Å².